The molecule has 0 aliphatic carbocycles. The Balaban J connectivity index is 1.56. The fraction of sp³-hybridized carbons (Fsp3) is 0.440. The van der Waals surface area contributed by atoms with Crippen LogP contribution >= 0.6 is 0 Å². The van der Waals surface area contributed by atoms with Crippen LogP contribution in [0, 0.1) is 0 Å². The lowest BCUT2D eigenvalue weighted by Gasteiger charge is -2.46. The summed E-state index contributed by atoms with van der Waals surface area (Å²) >= 11 is 0. The Kier molecular flexibility index (Phi) is 20.8. The number of nitrogens with zero attached hydrogens (tertiary/aromatic N) is 6. The lowest BCUT2D eigenvalue weighted by Crippen LogP contribution is -2.52. The van der Waals surface area contributed by atoms with Gasteiger partial charge in [0.05, 0.1) is 72.1 Å². The molecule has 7 aromatic rings. The zero-order valence-electron chi connectivity index (χ0n) is 59.7. The molecule has 0 spiro atoms. The molecule has 0 atom stereocenters. The second-order valence-electron chi connectivity index (χ2n) is 31.3. The van der Waals surface area contributed by atoms with Gasteiger partial charge in [0.2, 0.25) is 25.0 Å². The maximum atomic E-state index is 7.17. The van der Waals surface area contributed by atoms with Crippen LogP contribution in [0.2, 0.25) is 54.4 Å². The third-order valence-electron chi connectivity index (χ3n) is 17.9. The van der Waals surface area contributed by atoms with E-state index < -0.39 is 25.0 Å². The molecule has 0 aromatic heterocycles. The van der Waals surface area contributed by atoms with E-state index in [2.05, 4.69) is 321 Å². The van der Waals surface area contributed by atoms with Crippen molar-refractivity contribution in [1.29, 1.82) is 0 Å². The van der Waals surface area contributed by atoms with Gasteiger partial charge in [-0.05, 0) is 281 Å². The first-order chi connectivity index (χ1) is 41.5. The first kappa shape index (κ1) is 70.7. The second-order valence-corrected chi connectivity index (χ2v) is 45.4. The summed E-state index contributed by atoms with van der Waals surface area (Å²) in [5, 5.41) is 6.35. The van der Waals surface area contributed by atoms with E-state index >= 15 is 0 Å². The molecule has 0 fully saturated rings. The van der Waals surface area contributed by atoms with Crippen molar-refractivity contribution in [2.75, 3.05) is 51.2 Å². The van der Waals surface area contributed by atoms with Gasteiger partial charge in [0.15, 0.2) is 0 Å². The molecule has 7 rings (SSSR count). The molecule has 0 saturated carbocycles. The Labute approximate surface area is 545 Å². The molecule has 0 saturated heterocycles. The Morgan fingerprint density at radius 3 is 0.533 bits per heavy atom. The van der Waals surface area contributed by atoms with Crippen LogP contribution in [0.15, 0.2) is 164 Å². The minimum absolute atomic E-state index is 0.00838. The molecule has 12 nitrogen and oxygen atoms in total. The van der Waals surface area contributed by atoms with E-state index in [0.717, 1.165) is 85.5 Å². The average Bonchev–Trinajstić information content (AvgIpc) is 0.815. The van der Waals surface area contributed by atoms with Crippen molar-refractivity contribution in [3.05, 3.63) is 164 Å². The quantitative estimate of drug-likeness (QED) is 0.0508. The highest BCUT2D eigenvalue weighted by atomic mass is 28.4. The molecule has 0 bridgehead atoms. The molecule has 0 radical (unpaired) electrons. The normalized spacial score (nSPS) is 13.0. The number of hydrogen-bond acceptors (Lipinski definition) is 12. The Morgan fingerprint density at radius 2 is 0.389 bits per heavy atom. The van der Waals surface area contributed by atoms with Gasteiger partial charge < -0.3 is 42.5 Å². The van der Waals surface area contributed by atoms with Gasteiger partial charge in [-0.1, -0.05) is 62.3 Å². The molecule has 0 unspecified atom stereocenters. The predicted molar refractivity (Wildman–Crippen MR) is 392 cm³/mol. The molecule has 7 aromatic carbocycles. The van der Waals surface area contributed by atoms with Crippen molar-refractivity contribution >= 4 is 93.2 Å². The zero-order chi connectivity index (χ0) is 67.0. The maximum absolute atomic E-state index is 7.17. The molecule has 0 heterocycles. The van der Waals surface area contributed by atoms with Crippen LogP contribution in [0.5, 0.6) is 17.2 Å². The van der Waals surface area contributed by atoms with Crippen LogP contribution in [-0.2, 0) is 13.6 Å². The molecule has 0 amide bonds. The van der Waals surface area contributed by atoms with E-state index in [9.17, 15) is 0 Å². The fourth-order valence-corrected chi connectivity index (χ4v) is 12.9. The minimum Gasteiger partial charge on any atom is -0.497 e. The first-order valence-electron chi connectivity index (χ1n) is 31.8. The summed E-state index contributed by atoms with van der Waals surface area (Å²) in [5.74, 6) is 2.28. The molecular formula is C75H108N6O6Si3. The van der Waals surface area contributed by atoms with Crippen molar-refractivity contribution in [2.24, 2.45) is 0 Å². The van der Waals surface area contributed by atoms with E-state index in [1.807, 2.05) is 36.4 Å². The van der Waals surface area contributed by atoms with Gasteiger partial charge in [0.25, 0.3) is 0 Å². The Bertz CT molecular complexity index is 3080. The van der Waals surface area contributed by atoms with Crippen LogP contribution in [0.3, 0.4) is 0 Å². The van der Waals surface area contributed by atoms with E-state index in [1.54, 1.807) is 21.3 Å². The van der Waals surface area contributed by atoms with Gasteiger partial charge >= 0.3 is 0 Å². The van der Waals surface area contributed by atoms with Crippen molar-refractivity contribution < 1.29 is 27.8 Å². The predicted octanol–water partition coefficient (Wildman–Crippen LogP) is 22.7. The molecule has 486 valence electrons. The highest BCUT2D eigenvalue weighted by molar-refractivity contribution is 6.75. The second kappa shape index (κ2) is 26.5. The van der Waals surface area contributed by atoms with Gasteiger partial charge in [0.1, 0.15) is 17.2 Å². The number of hydrogen-bond donors (Lipinski definition) is 0. The monoisotopic (exact) mass is 1270 g/mol. The summed E-state index contributed by atoms with van der Waals surface area (Å²) < 4.78 is 38.9. The Morgan fingerprint density at radius 1 is 0.233 bits per heavy atom. The minimum atomic E-state index is -2.27. The lowest BCUT2D eigenvalue weighted by molar-refractivity contribution is 0.185. The summed E-state index contributed by atoms with van der Waals surface area (Å²) in [6.07, 6.45) is 0. The number of rotatable bonds is 21. The van der Waals surface area contributed by atoms with E-state index in [-0.39, 0.29) is 31.7 Å². The molecule has 0 aliphatic rings. The van der Waals surface area contributed by atoms with Crippen LogP contribution in [0.25, 0.3) is 0 Å². The van der Waals surface area contributed by atoms with E-state index in [1.165, 1.54) is 0 Å². The van der Waals surface area contributed by atoms with Crippen molar-refractivity contribution in [3.8, 4) is 17.2 Å². The van der Waals surface area contributed by atoms with Crippen molar-refractivity contribution in [3.63, 3.8) is 0 Å². The van der Waals surface area contributed by atoms with Crippen LogP contribution in [0.4, 0.5) is 68.2 Å². The van der Waals surface area contributed by atoms with Gasteiger partial charge in [-0.15, -0.1) is 0 Å². The number of hydroxylamine groups is 3. The third-order valence-corrected chi connectivity index (χ3v) is 30.6. The molecule has 15 heteroatoms. The standard InChI is InChI=1S/C75H108N6O6Si3/c1-70(2,3)79(85-88(22,23)73(10,11)12)61-34-28-55(29-35-61)76(58-40-46-67(82-19)47-41-58)64-52-65(77(59-42-48-68(83-20)49-43-59)56-30-36-62(37-31-56)80(71(4,5)6)86-89(24,25)74(13,14)15)54-66(53-64)78(60-44-50-69(84-21)51-45-60)57-32-38-63(39-33-57)81(72(7,8)9)87-90(26,27)75(16,17)18/h28-54H,1-27H3. The molecule has 0 aliphatic heterocycles. The SMILES string of the molecule is COc1ccc(N(c2ccc(N(O[Si](C)(C)C(C)(C)C)C(C)(C)C)cc2)c2cc(N(c3ccc(OC)cc3)c3ccc(N(O[Si](C)(C)C(C)(C)C)C(C)(C)C)cc3)cc(N(c3ccc(OC)cc3)c3ccc(N(O[Si](C)(C)C(C)(C)C)C(C)(C)C)cc3)c2)cc1. The zero-order valence-corrected chi connectivity index (χ0v) is 62.7. The third kappa shape index (κ3) is 16.3. The molecular weight excluding hydrogens is 1170 g/mol. The topological polar surface area (TPSA) is 74.8 Å². The van der Waals surface area contributed by atoms with Gasteiger partial charge in [-0.3, -0.25) is 15.2 Å². The van der Waals surface area contributed by atoms with Crippen LogP contribution in [-0.4, -0.2) is 62.9 Å². The van der Waals surface area contributed by atoms with E-state index in [4.69, 9.17) is 27.8 Å². The molecule has 0 N–H and O–H groups in total. The number of ether oxygens (including phenoxy) is 3. The smallest absolute Gasteiger partial charge is 0.228 e. The summed E-state index contributed by atoms with van der Waals surface area (Å²) in [6, 6.07) is 58.2. The molecule has 90 heavy (non-hydrogen) atoms. The van der Waals surface area contributed by atoms with Gasteiger partial charge in [-0.2, -0.15) is 0 Å². The van der Waals surface area contributed by atoms with Gasteiger partial charge in [0, 0.05) is 34.1 Å². The summed E-state index contributed by atoms with van der Waals surface area (Å²) in [5.41, 5.74) is 10.3. The van der Waals surface area contributed by atoms with Crippen LogP contribution in [0.1, 0.15) is 125 Å². The maximum Gasteiger partial charge on any atom is 0.228 e. The number of benzene rings is 7. The number of methoxy groups -OCH3 is 3. The highest BCUT2D eigenvalue weighted by Gasteiger charge is 2.45. The van der Waals surface area contributed by atoms with Gasteiger partial charge in [-0.25, -0.2) is 0 Å². The van der Waals surface area contributed by atoms with E-state index in [0.29, 0.717) is 0 Å². The number of anilines is 12. The largest absolute Gasteiger partial charge is 0.497 e. The van der Waals surface area contributed by atoms with Crippen molar-refractivity contribution in [1.82, 2.24) is 0 Å². The van der Waals surface area contributed by atoms with Crippen LogP contribution < -0.4 is 44.1 Å². The average molecular weight is 1270 g/mol. The fourth-order valence-electron chi connectivity index (χ4n) is 9.54. The van der Waals surface area contributed by atoms with Crippen molar-refractivity contribution in [2.45, 2.75) is 196 Å². The Hall–Kier alpha value is -6.73. The summed E-state index contributed by atoms with van der Waals surface area (Å²) in [6.45, 7) is 54.3. The lowest BCUT2D eigenvalue weighted by atomic mass is 10.1. The summed E-state index contributed by atoms with van der Waals surface area (Å²) in [7, 11) is -1.69. The first-order valence-corrected chi connectivity index (χ1v) is 40.5. The summed E-state index contributed by atoms with van der Waals surface area (Å²) in [4.78, 5) is 6.99. The highest BCUT2D eigenvalue weighted by Crippen LogP contribution is 2.49.